The summed E-state index contributed by atoms with van der Waals surface area (Å²) in [5, 5.41) is 29.0. The van der Waals surface area contributed by atoms with Crippen LogP contribution in [0.1, 0.15) is 21.8 Å². The number of anilines is 2. The standard InChI is InChI=1S/C18H14N4S2/c19-11-15(17-3-1-9-23-17)21-13-5-7-14(8-6-13)22-16(12-20)18-4-2-10-24-18/h1-10,15-16,21-22H. The molecule has 2 heterocycles. The van der Waals surface area contributed by atoms with E-state index < -0.39 is 0 Å². The third-order valence-corrected chi connectivity index (χ3v) is 5.29. The molecule has 2 unspecified atom stereocenters. The lowest BCUT2D eigenvalue weighted by Gasteiger charge is -2.14. The number of benzene rings is 1. The summed E-state index contributed by atoms with van der Waals surface area (Å²) in [7, 11) is 0. The van der Waals surface area contributed by atoms with Gasteiger partial charge in [0.25, 0.3) is 0 Å². The lowest BCUT2D eigenvalue weighted by atomic mass is 10.2. The van der Waals surface area contributed by atoms with Crippen LogP contribution in [0, 0.1) is 22.7 Å². The molecule has 4 nitrogen and oxygen atoms in total. The highest BCUT2D eigenvalue weighted by Crippen LogP contribution is 2.26. The van der Waals surface area contributed by atoms with Gasteiger partial charge in [-0.1, -0.05) is 12.1 Å². The molecule has 0 aliphatic carbocycles. The molecule has 0 saturated carbocycles. The SMILES string of the molecule is N#CC(Nc1ccc(NC(C#N)c2cccs2)cc1)c1cccs1. The number of rotatable bonds is 6. The molecule has 24 heavy (non-hydrogen) atoms. The zero-order valence-electron chi connectivity index (χ0n) is 12.6. The fraction of sp³-hybridized carbons (Fsp3) is 0.111. The molecule has 1 aromatic carbocycles. The van der Waals surface area contributed by atoms with Gasteiger partial charge in [-0.15, -0.1) is 22.7 Å². The molecule has 6 heteroatoms. The summed E-state index contributed by atoms with van der Waals surface area (Å²) < 4.78 is 0. The molecule has 3 aromatic rings. The molecule has 0 bridgehead atoms. The Morgan fingerprint density at radius 3 is 1.42 bits per heavy atom. The van der Waals surface area contributed by atoms with Gasteiger partial charge in [0.2, 0.25) is 0 Å². The molecule has 0 saturated heterocycles. The highest BCUT2D eigenvalue weighted by molar-refractivity contribution is 7.10. The molecule has 2 N–H and O–H groups in total. The van der Waals surface area contributed by atoms with E-state index in [0.29, 0.717) is 0 Å². The third-order valence-electron chi connectivity index (χ3n) is 3.42. The maximum atomic E-state index is 9.32. The first-order valence-electron chi connectivity index (χ1n) is 7.29. The van der Waals surface area contributed by atoms with Crippen molar-refractivity contribution in [1.29, 1.82) is 10.5 Å². The zero-order chi connectivity index (χ0) is 16.8. The lowest BCUT2D eigenvalue weighted by molar-refractivity contribution is 1.02. The number of nitrogens with zero attached hydrogens (tertiary/aromatic N) is 2. The number of thiophene rings is 2. The van der Waals surface area contributed by atoms with Crippen LogP contribution in [0.3, 0.4) is 0 Å². The topological polar surface area (TPSA) is 71.6 Å². The Bertz CT molecular complexity index is 767. The summed E-state index contributed by atoms with van der Waals surface area (Å²) in [5.41, 5.74) is 1.73. The van der Waals surface area contributed by atoms with E-state index in [0.717, 1.165) is 21.1 Å². The van der Waals surface area contributed by atoms with Gasteiger partial charge in [0.05, 0.1) is 12.1 Å². The van der Waals surface area contributed by atoms with Crippen molar-refractivity contribution in [2.24, 2.45) is 0 Å². The van der Waals surface area contributed by atoms with E-state index >= 15 is 0 Å². The van der Waals surface area contributed by atoms with Gasteiger partial charge in [0.15, 0.2) is 0 Å². The van der Waals surface area contributed by atoms with E-state index in [4.69, 9.17) is 0 Å². The monoisotopic (exact) mass is 350 g/mol. The first-order valence-corrected chi connectivity index (χ1v) is 9.05. The molecule has 118 valence electrons. The van der Waals surface area contributed by atoms with Crippen LogP contribution in [0.2, 0.25) is 0 Å². The van der Waals surface area contributed by atoms with Crippen LogP contribution < -0.4 is 10.6 Å². The molecule has 3 rings (SSSR count). The van der Waals surface area contributed by atoms with Crippen molar-refractivity contribution in [3.8, 4) is 12.1 Å². The van der Waals surface area contributed by atoms with Crippen molar-refractivity contribution in [3.63, 3.8) is 0 Å². The van der Waals surface area contributed by atoms with E-state index in [9.17, 15) is 10.5 Å². The summed E-state index contributed by atoms with van der Waals surface area (Å²) in [6.07, 6.45) is 0. The fourth-order valence-corrected chi connectivity index (χ4v) is 3.68. The van der Waals surface area contributed by atoms with E-state index in [1.165, 1.54) is 0 Å². The second-order valence-corrected chi connectivity index (χ2v) is 6.98. The average molecular weight is 350 g/mol. The molecule has 0 aliphatic rings. The normalized spacial score (nSPS) is 12.6. The van der Waals surface area contributed by atoms with Crippen molar-refractivity contribution >= 4 is 34.0 Å². The lowest BCUT2D eigenvalue weighted by Crippen LogP contribution is -2.08. The molecule has 0 spiro atoms. The van der Waals surface area contributed by atoms with Gasteiger partial charge < -0.3 is 10.6 Å². The van der Waals surface area contributed by atoms with Crippen molar-refractivity contribution < 1.29 is 0 Å². The van der Waals surface area contributed by atoms with Gasteiger partial charge >= 0.3 is 0 Å². The third kappa shape index (κ3) is 3.75. The Morgan fingerprint density at radius 1 is 0.708 bits per heavy atom. The molecule has 2 aromatic heterocycles. The molecular weight excluding hydrogens is 336 g/mol. The predicted octanol–water partition coefficient (Wildman–Crippen LogP) is 5.16. The first-order chi connectivity index (χ1) is 11.8. The maximum Gasteiger partial charge on any atom is 0.149 e. The largest absolute Gasteiger partial charge is 0.366 e. The van der Waals surface area contributed by atoms with Crippen molar-refractivity contribution in [2.45, 2.75) is 12.1 Å². The Labute approximate surface area is 148 Å². The maximum absolute atomic E-state index is 9.32. The number of hydrogen-bond donors (Lipinski definition) is 2. The Morgan fingerprint density at radius 2 is 1.12 bits per heavy atom. The van der Waals surface area contributed by atoms with Crippen LogP contribution in [-0.2, 0) is 0 Å². The van der Waals surface area contributed by atoms with Gasteiger partial charge in [0.1, 0.15) is 12.1 Å². The van der Waals surface area contributed by atoms with Gasteiger partial charge in [-0.2, -0.15) is 10.5 Å². The molecule has 0 radical (unpaired) electrons. The Balaban J connectivity index is 1.67. The van der Waals surface area contributed by atoms with Crippen LogP contribution >= 0.6 is 22.7 Å². The van der Waals surface area contributed by atoms with E-state index in [-0.39, 0.29) is 12.1 Å². The number of nitrogens with one attached hydrogen (secondary N) is 2. The van der Waals surface area contributed by atoms with E-state index in [1.54, 1.807) is 22.7 Å². The van der Waals surface area contributed by atoms with Gasteiger partial charge in [-0.05, 0) is 47.2 Å². The van der Waals surface area contributed by atoms with Crippen LogP contribution in [0.15, 0.2) is 59.3 Å². The quantitative estimate of drug-likeness (QED) is 0.644. The summed E-state index contributed by atoms with van der Waals surface area (Å²) in [6, 6.07) is 19.2. The summed E-state index contributed by atoms with van der Waals surface area (Å²) >= 11 is 3.11. The molecule has 0 amide bonds. The molecule has 2 atom stereocenters. The summed E-state index contributed by atoms with van der Waals surface area (Å²) in [5.74, 6) is 0. The highest BCUT2D eigenvalue weighted by Gasteiger charge is 2.13. The van der Waals surface area contributed by atoms with Gasteiger partial charge in [-0.25, -0.2) is 0 Å². The van der Waals surface area contributed by atoms with Gasteiger partial charge in [0, 0.05) is 21.1 Å². The van der Waals surface area contributed by atoms with Crippen molar-refractivity contribution in [1.82, 2.24) is 0 Å². The first kappa shape index (κ1) is 16.1. The minimum atomic E-state index is -0.359. The minimum Gasteiger partial charge on any atom is -0.366 e. The Kier molecular flexibility index (Phi) is 5.12. The van der Waals surface area contributed by atoms with Crippen molar-refractivity contribution in [3.05, 3.63) is 69.0 Å². The molecule has 0 aliphatic heterocycles. The highest BCUT2D eigenvalue weighted by atomic mass is 32.1. The van der Waals surface area contributed by atoms with Crippen LogP contribution in [-0.4, -0.2) is 0 Å². The Hall–Kier alpha value is -2.80. The predicted molar refractivity (Wildman–Crippen MR) is 99.0 cm³/mol. The minimum absolute atomic E-state index is 0.359. The van der Waals surface area contributed by atoms with E-state index in [1.807, 2.05) is 59.3 Å². The van der Waals surface area contributed by atoms with Crippen LogP contribution in [0.4, 0.5) is 11.4 Å². The van der Waals surface area contributed by atoms with E-state index in [2.05, 4.69) is 22.8 Å². The number of hydrogen-bond acceptors (Lipinski definition) is 6. The second kappa shape index (κ2) is 7.65. The summed E-state index contributed by atoms with van der Waals surface area (Å²) in [4.78, 5) is 1.98. The average Bonchev–Trinajstić information content (AvgIpc) is 3.32. The van der Waals surface area contributed by atoms with Crippen LogP contribution in [0.25, 0.3) is 0 Å². The fourth-order valence-electron chi connectivity index (χ4n) is 2.24. The molecular formula is C18H14N4S2. The van der Waals surface area contributed by atoms with Crippen molar-refractivity contribution in [2.75, 3.05) is 10.6 Å². The van der Waals surface area contributed by atoms with Gasteiger partial charge in [-0.3, -0.25) is 0 Å². The second-order valence-electron chi connectivity index (χ2n) is 5.02. The zero-order valence-corrected chi connectivity index (χ0v) is 14.3. The smallest absolute Gasteiger partial charge is 0.149 e. The van der Waals surface area contributed by atoms with Crippen LogP contribution in [0.5, 0.6) is 0 Å². The number of nitriles is 2. The summed E-state index contributed by atoms with van der Waals surface area (Å²) in [6.45, 7) is 0. The molecule has 0 fully saturated rings.